The molecule has 7 nitrogen and oxygen atoms in total. The normalized spacial score (nSPS) is 10.3. The minimum absolute atomic E-state index is 0.138. The van der Waals surface area contributed by atoms with Crippen LogP contribution in [-0.4, -0.2) is 31.5 Å². The highest BCUT2D eigenvalue weighted by atomic mass is 16.5. The van der Waals surface area contributed by atoms with Crippen molar-refractivity contribution in [2.75, 3.05) is 18.9 Å². The first-order chi connectivity index (χ1) is 13.1. The van der Waals surface area contributed by atoms with Gasteiger partial charge < -0.3 is 20.7 Å². The fourth-order valence-corrected chi connectivity index (χ4v) is 2.06. The van der Waals surface area contributed by atoms with E-state index >= 15 is 0 Å². The van der Waals surface area contributed by atoms with Crippen molar-refractivity contribution < 1.29 is 19.1 Å². The standard InChI is InChI=1S/C20H21N3O4/c1-21-18(24)12-9-15-7-10-17(11-8-15)23-19(25)13-22-20(26)27-14-16-5-3-2-4-6-16/h2-12H,13-14H2,1H3,(H,21,24)(H,22,26)(H,23,25)/b12-9+. The van der Waals surface area contributed by atoms with Crippen molar-refractivity contribution in [3.05, 3.63) is 71.8 Å². The number of ether oxygens (including phenoxy) is 1. The van der Waals surface area contributed by atoms with Crippen LogP contribution in [0.4, 0.5) is 10.5 Å². The monoisotopic (exact) mass is 367 g/mol. The largest absolute Gasteiger partial charge is 0.445 e. The second-order valence-electron chi connectivity index (χ2n) is 5.53. The molecule has 0 aliphatic heterocycles. The van der Waals surface area contributed by atoms with Crippen molar-refractivity contribution >= 4 is 29.7 Å². The van der Waals surface area contributed by atoms with Gasteiger partial charge in [-0.15, -0.1) is 0 Å². The Hall–Kier alpha value is -3.61. The van der Waals surface area contributed by atoms with Gasteiger partial charge in [0.25, 0.3) is 0 Å². The minimum Gasteiger partial charge on any atom is -0.445 e. The molecule has 7 heteroatoms. The molecule has 0 aliphatic carbocycles. The Morgan fingerprint density at radius 1 is 1.00 bits per heavy atom. The number of amides is 3. The van der Waals surface area contributed by atoms with E-state index in [0.717, 1.165) is 11.1 Å². The molecule has 0 heterocycles. The Morgan fingerprint density at radius 2 is 1.70 bits per heavy atom. The number of hydrogen-bond acceptors (Lipinski definition) is 4. The molecule has 140 valence electrons. The highest BCUT2D eigenvalue weighted by molar-refractivity contribution is 5.94. The van der Waals surface area contributed by atoms with Crippen molar-refractivity contribution in [1.29, 1.82) is 0 Å². The van der Waals surface area contributed by atoms with Gasteiger partial charge in [-0.05, 0) is 29.3 Å². The van der Waals surface area contributed by atoms with Crippen molar-refractivity contribution in [2.24, 2.45) is 0 Å². The quantitative estimate of drug-likeness (QED) is 0.654. The highest BCUT2D eigenvalue weighted by Crippen LogP contribution is 2.10. The van der Waals surface area contributed by atoms with Crippen LogP contribution < -0.4 is 16.0 Å². The molecule has 0 spiro atoms. The van der Waals surface area contributed by atoms with E-state index in [2.05, 4.69) is 16.0 Å². The number of alkyl carbamates (subject to hydrolysis) is 1. The lowest BCUT2D eigenvalue weighted by atomic mass is 10.2. The van der Waals surface area contributed by atoms with E-state index in [4.69, 9.17) is 4.74 Å². The molecule has 0 fully saturated rings. The van der Waals surface area contributed by atoms with Crippen molar-refractivity contribution in [3.8, 4) is 0 Å². The molecule has 3 amide bonds. The Morgan fingerprint density at radius 3 is 2.37 bits per heavy atom. The number of likely N-dealkylation sites (N-methyl/N-ethyl adjacent to an activating group) is 1. The molecule has 0 saturated heterocycles. The lowest BCUT2D eigenvalue weighted by Gasteiger charge is -2.08. The maximum absolute atomic E-state index is 11.9. The summed E-state index contributed by atoms with van der Waals surface area (Å²) in [5.74, 6) is -0.571. The molecule has 3 N–H and O–H groups in total. The van der Waals surface area contributed by atoms with E-state index in [1.165, 1.54) is 6.08 Å². The molecular weight excluding hydrogens is 346 g/mol. The summed E-state index contributed by atoms with van der Waals surface area (Å²) in [6.07, 6.45) is 2.41. The number of benzene rings is 2. The molecule has 27 heavy (non-hydrogen) atoms. The molecule has 0 aliphatic rings. The van der Waals surface area contributed by atoms with Crippen LogP contribution >= 0.6 is 0 Å². The van der Waals surface area contributed by atoms with Crippen LogP contribution in [0.1, 0.15) is 11.1 Å². The van der Waals surface area contributed by atoms with E-state index in [1.807, 2.05) is 30.3 Å². The molecule has 2 rings (SSSR count). The van der Waals surface area contributed by atoms with Gasteiger partial charge in [0, 0.05) is 18.8 Å². The van der Waals surface area contributed by atoms with E-state index in [0.29, 0.717) is 5.69 Å². The average molecular weight is 367 g/mol. The summed E-state index contributed by atoms with van der Waals surface area (Å²) < 4.78 is 5.03. The van der Waals surface area contributed by atoms with Crippen LogP contribution in [0, 0.1) is 0 Å². The molecule has 2 aromatic rings. The van der Waals surface area contributed by atoms with Crippen LogP contribution in [0.5, 0.6) is 0 Å². The van der Waals surface area contributed by atoms with Gasteiger partial charge in [-0.1, -0.05) is 42.5 Å². The molecule has 0 unspecified atom stereocenters. The maximum Gasteiger partial charge on any atom is 0.407 e. The summed E-state index contributed by atoms with van der Waals surface area (Å²) in [6.45, 7) is -0.0642. The van der Waals surface area contributed by atoms with Crippen LogP contribution in [0.15, 0.2) is 60.7 Å². The highest BCUT2D eigenvalue weighted by Gasteiger charge is 2.07. The zero-order chi connectivity index (χ0) is 19.5. The lowest BCUT2D eigenvalue weighted by Crippen LogP contribution is -2.33. The molecule has 2 aromatic carbocycles. The minimum atomic E-state index is -0.663. The van der Waals surface area contributed by atoms with Gasteiger partial charge in [0.15, 0.2) is 0 Å². The van der Waals surface area contributed by atoms with Crippen molar-refractivity contribution in [2.45, 2.75) is 6.61 Å². The molecule has 0 radical (unpaired) electrons. The molecule has 0 bridgehead atoms. The van der Waals surface area contributed by atoms with Gasteiger partial charge >= 0.3 is 6.09 Å². The van der Waals surface area contributed by atoms with Gasteiger partial charge in [-0.2, -0.15) is 0 Å². The summed E-state index contributed by atoms with van der Waals surface area (Å²) in [4.78, 5) is 34.6. The van der Waals surface area contributed by atoms with Crippen LogP contribution in [-0.2, 0) is 20.9 Å². The number of anilines is 1. The van der Waals surface area contributed by atoms with E-state index < -0.39 is 6.09 Å². The second kappa shape index (κ2) is 10.4. The zero-order valence-electron chi connectivity index (χ0n) is 14.9. The smallest absolute Gasteiger partial charge is 0.407 e. The predicted molar refractivity (Wildman–Crippen MR) is 103 cm³/mol. The Bertz CT molecular complexity index is 802. The lowest BCUT2D eigenvalue weighted by molar-refractivity contribution is -0.116. The van der Waals surface area contributed by atoms with Crippen molar-refractivity contribution in [1.82, 2.24) is 10.6 Å². The SMILES string of the molecule is CNC(=O)/C=C/c1ccc(NC(=O)CNC(=O)OCc2ccccc2)cc1. The number of rotatable bonds is 7. The van der Waals surface area contributed by atoms with Gasteiger partial charge in [0.1, 0.15) is 13.2 Å². The van der Waals surface area contributed by atoms with E-state index in [9.17, 15) is 14.4 Å². The fourth-order valence-electron chi connectivity index (χ4n) is 2.06. The van der Waals surface area contributed by atoms with Crippen LogP contribution in [0.3, 0.4) is 0 Å². The second-order valence-corrected chi connectivity index (χ2v) is 5.53. The molecular formula is C20H21N3O4. The average Bonchev–Trinajstić information content (AvgIpc) is 2.70. The molecule has 0 saturated carbocycles. The van der Waals surface area contributed by atoms with Gasteiger partial charge in [-0.25, -0.2) is 4.79 Å². The molecule has 0 atom stereocenters. The topological polar surface area (TPSA) is 96.5 Å². The first-order valence-corrected chi connectivity index (χ1v) is 8.31. The third-order valence-electron chi connectivity index (χ3n) is 3.47. The summed E-state index contributed by atoms with van der Waals surface area (Å²) in [5.41, 5.74) is 2.26. The predicted octanol–water partition coefficient (Wildman–Crippen LogP) is 2.31. The van der Waals surface area contributed by atoms with Crippen LogP contribution in [0.25, 0.3) is 6.08 Å². The Balaban J connectivity index is 1.72. The van der Waals surface area contributed by atoms with Gasteiger partial charge in [0.2, 0.25) is 11.8 Å². The summed E-state index contributed by atoms with van der Waals surface area (Å²) >= 11 is 0. The maximum atomic E-state index is 11.9. The third-order valence-corrected chi connectivity index (χ3v) is 3.47. The number of carbonyl (C=O) groups excluding carboxylic acids is 3. The van der Waals surface area contributed by atoms with E-state index in [-0.39, 0.29) is 25.0 Å². The number of nitrogens with one attached hydrogen (secondary N) is 3. The van der Waals surface area contributed by atoms with Gasteiger partial charge in [0.05, 0.1) is 0 Å². The summed E-state index contributed by atoms with van der Waals surface area (Å²) in [6, 6.07) is 16.2. The first-order valence-electron chi connectivity index (χ1n) is 8.31. The van der Waals surface area contributed by atoms with Crippen molar-refractivity contribution in [3.63, 3.8) is 0 Å². The Labute approximate surface area is 157 Å². The van der Waals surface area contributed by atoms with Gasteiger partial charge in [-0.3, -0.25) is 9.59 Å². The number of hydrogen-bond donors (Lipinski definition) is 3. The Kier molecular flexibility index (Phi) is 7.59. The zero-order valence-corrected chi connectivity index (χ0v) is 14.9. The first kappa shape index (κ1) is 19.7. The number of carbonyl (C=O) groups is 3. The summed E-state index contributed by atoms with van der Waals surface area (Å²) in [5, 5.41) is 7.54. The third kappa shape index (κ3) is 7.43. The molecule has 0 aromatic heterocycles. The summed E-state index contributed by atoms with van der Waals surface area (Å²) in [7, 11) is 1.55. The van der Waals surface area contributed by atoms with E-state index in [1.54, 1.807) is 37.4 Å². The fraction of sp³-hybridized carbons (Fsp3) is 0.150. The van der Waals surface area contributed by atoms with Crippen LogP contribution in [0.2, 0.25) is 0 Å².